The van der Waals surface area contributed by atoms with Crippen molar-refractivity contribution in [3.8, 4) is 0 Å². The molecule has 0 heterocycles. The van der Waals surface area contributed by atoms with Crippen LogP contribution in [-0.2, 0) is 4.79 Å². The second kappa shape index (κ2) is 15.8. The molecule has 0 spiro atoms. The maximum Gasteiger partial charge on any atom is 1.00 e. The van der Waals surface area contributed by atoms with E-state index in [-0.39, 0.29) is 37.0 Å². The van der Waals surface area contributed by atoms with E-state index in [0.717, 1.165) is 13.0 Å². The van der Waals surface area contributed by atoms with Gasteiger partial charge in [-0.15, -0.1) is 0 Å². The molecule has 0 fully saturated rings. The van der Waals surface area contributed by atoms with E-state index >= 15 is 0 Å². The molecule has 0 aliphatic carbocycles. The van der Waals surface area contributed by atoms with Gasteiger partial charge in [0, 0.05) is 0 Å². The van der Waals surface area contributed by atoms with E-state index in [4.69, 9.17) is 5.11 Å². The molecule has 0 saturated carbocycles. The van der Waals surface area contributed by atoms with Gasteiger partial charge >= 0.3 is 35.5 Å². The third kappa shape index (κ3) is 14.8. The van der Waals surface area contributed by atoms with E-state index in [9.17, 15) is 4.79 Å². The molecule has 0 amide bonds. The number of rotatable bonds is 13. The maximum atomic E-state index is 11.0. The van der Waals surface area contributed by atoms with Crippen LogP contribution in [0.1, 0.15) is 80.0 Å². The number of hydrogen-bond donors (Lipinski definition) is 2. The fraction of sp³-hybridized carbons (Fsp3) is 0.938. The molecule has 0 saturated heterocycles. The molecule has 0 aliphatic rings. The Morgan fingerprint density at radius 3 is 2.00 bits per heavy atom. The van der Waals surface area contributed by atoms with Crippen LogP contribution in [0.5, 0.6) is 0 Å². The fourth-order valence-corrected chi connectivity index (χ4v) is 2.28. The normalized spacial score (nSPS) is 12.2. The van der Waals surface area contributed by atoms with Gasteiger partial charge in [0.15, 0.2) is 0 Å². The zero-order chi connectivity index (χ0) is 14.5. The van der Waals surface area contributed by atoms with Crippen molar-refractivity contribution < 1.29 is 40.9 Å². The van der Waals surface area contributed by atoms with Crippen LogP contribution in [-0.4, -0.2) is 23.7 Å². The predicted octanol–water partition coefficient (Wildman–Crippen LogP) is 1.33. The summed E-state index contributed by atoms with van der Waals surface area (Å²) in [7, 11) is 0. The molecule has 0 radical (unpaired) electrons. The van der Waals surface area contributed by atoms with Gasteiger partial charge in [-0.25, -0.2) is 0 Å². The van der Waals surface area contributed by atoms with E-state index in [1.54, 1.807) is 0 Å². The number of aliphatic carboxylic acids is 1. The number of unbranched alkanes of at least 4 members (excludes halogenated alkanes) is 7. The van der Waals surface area contributed by atoms with Crippen LogP contribution in [0.25, 0.3) is 0 Å². The summed E-state index contributed by atoms with van der Waals surface area (Å²) in [5, 5.41) is 12.2. The fourth-order valence-electron chi connectivity index (χ4n) is 2.28. The van der Waals surface area contributed by atoms with Crippen molar-refractivity contribution in [2.75, 3.05) is 6.54 Å². The molecule has 0 aromatic carbocycles. The first kappa shape index (κ1) is 22.7. The smallest absolute Gasteiger partial charge is 1.00 e. The van der Waals surface area contributed by atoms with Crippen LogP contribution in [0.3, 0.4) is 0 Å². The van der Waals surface area contributed by atoms with Crippen LogP contribution in [0, 0.1) is 5.92 Å². The van der Waals surface area contributed by atoms with Crippen molar-refractivity contribution in [2.24, 2.45) is 5.92 Å². The molecule has 3 nitrogen and oxygen atoms in total. The molecule has 1 atom stereocenters. The molecule has 0 aromatic rings. The predicted molar refractivity (Wildman–Crippen MR) is 82.6 cm³/mol. The first-order valence-corrected chi connectivity index (χ1v) is 8.04. The third-order valence-electron chi connectivity index (χ3n) is 3.43. The maximum absolute atomic E-state index is 11.0. The van der Waals surface area contributed by atoms with Crippen LogP contribution in [0.15, 0.2) is 0 Å². The standard InChI is InChI=1S/C16H33NO2.Na.H/c1-4-5-6-7-8-9-10-11-12-17-15(16(18)19)13-14(2)3;;/h14-15,17H,4-13H2,1-3H3,(H,18,19);;/q;+1;-1/t15-;;/m0../s1. The van der Waals surface area contributed by atoms with Gasteiger partial charge in [-0.1, -0.05) is 65.7 Å². The molecule has 0 bridgehead atoms. The summed E-state index contributed by atoms with van der Waals surface area (Å²) in [5.41, 5.74) is 0. The number of carboxylic acids is 1. The Balaban J connectivity index is -0.00000162. The summed E-state index contributed by atoms with van der Waals surface area (Å²) in [6, 6.07) is -0.371. The van der Waals surface area contributed by atoms with Crippen LogP contribution >= 0.6 is 0 Å². The third-order valence-corrected chi connectivity index (χ3v) is 3.43. The minimum Gasteiger partial charge on any atom is -1.00 e. The topological polar surface area (TPSA) is 49.3 Å². The zero-order valence-electron chi connectivity index (χ0n) is 15.1. The van der Waals surface area contributed by atoms with Crippen LogP contribution < -0.4 is 34.9 Å². The Kier molecular flexibility index (Phi) is 18.0. The van der Waals surface area contributed by atoms with Crippen LogP contribution in [0.2, 0.25) is 0 Å². The SMILES string of the molecule is CCCCCCCCCCN[C@@H](CC(C)C)C(=O)O.[H-].[Na+]. The summed E-state index contributed by atoms with van der Waals surface area (Å²) in [6.07, 6.45) is 11.0. The minimum atomic E-state index is -0.715. The number of hydrogen-bond acceptors (Lipinski definition) is 2. The molecule has 0 rings (SSSR count). The van der Waals surface area contributed by atoms with Gasteiger partial charge in [0.25, 0.3) is 0 Å². The summed E-state index contributed by atoms with van der Waals surface area (Å²) in [4.78, 5) is 11.0. The van der Waals surface area contributed by atoms with E-state index in [2.05, 4.69) is 26.1 Å². The van der Waals surface area contributed by atoms with Gasteiger partial charge in [-0.3, -0.25) is 4.79 Å². The van der Waals surface area contributed by atoms with Crippen molar-refractivity contribution in [3.63, 3.8) is 0 Å². The first-order valence-electron chi connectivity index (χ1n) is 8.04. The van der Waals surface area contributed by atoms with E-state index in [1.807, 2.05) is 0 Å². The first-order chi connectivity index (χ1) is 9.07. The second-order valence-electron chi connectivity index (χ2n) is 5.95. The van der Waals surface area contributed by atoms with Gasteiger partial charge in [0.2, 0.25) is 0 Å². The Bertz CT molecular complexity index is 228. The van der Waals surface area contributed by atoms with Gasteiger partial charge in [-0.2, -0.15) is 0 Å². The Morgan fingerprint density at radius 2 is 1.55 bits per heavy atom. The summed E-state index contributed by atoms with van der Waals surface area (Å²) < 4.78 is 0. The molecular formula is C16H34NNaO2. The molecule has 116 valence electrons. The zero-order valence-corrected chi connectivity index (χ0v) is 16.1. The molecule has 0 aliphatic heterocycles. The van der Waals surface area contributed by atoms with Gasteiger partial charge in [0.1, 0.15) is 6.04 Å². The molecule has 0 aromatic heterocycles. The van der Waals surface area contributed by atoms with Crippen LogP contribution in [0.4, 0.5) is 0 Å². The molecule has 4 heteroatoms. The molecule has 20 heavy (non-hydrogen) atoms. The monoisotopic (exact) mass is 295 g/mol. The minimum absolute atomic E-state index is 0. The quantitative estimate of drug-likeness (QED) is 0.398. The summed E-state index contributed by atoms with van der Waals surface area (Å²) in [6.45, 7) is 7.20. The Labute approximate surface area is 149 Å². The average molecular weight is 295 g/mol. The van der Waals surface area contributed by atoms with Gasteiger partial charge < -0.3 is 11.8 Å². The second-order valence-corrected chi connectivity index (χ2v) is 5.95. The molecular weight excluding hydrogens is 261 g/mol. The number of carbonyl (C=O) groups is 1. The van der Waals surface area contributed by atoms with Crippen molar-refractivity contribution in [2.45, 2.75) is 84.6 Å². The molecule has 0 unspecified atom stereocenters. The van der Waals surface area contributed by atoms with Gasteiger partial charge in [0.05, 0.1) is 0 Å². The number of nitrogens with one attached hydrogen (secondary N) is 1. The largest absolute Gasteiger partial charge is 1.00 e. The summed E-state index contributed by atoms with van der Waals surface area (Å²) in [5.74, 6) is -0.291. The van der Waals surface area contributed by atoms with Crippen molar-refractivity contribution in [3.05, 3.63) is 0 Å². The van der Waals surface area contributed by atoms with E-state index < -0.39 is 5.97 Å². The van der Waals surface area contributed by atoms with E-state index in [1.165, 1.54) is 44.9 Å². The van der Waals surface area contributed by atoms with Crippen molar-refractivity contribution in [1.82, 2.24) is 5.32 Å². The van der Waals surface area contributed by atoms with E-state index in [0.29, 0.717) is 12.3 Å². The molecule has 2 N–H and O–H groups in total. The van der Waals surface area contributed by atoms with Crippen molar-refractivity contribution in [1.29, 1.82) is 0 Å². The number of carboxylic acid groups (broad SMARTS) is 1. The summed E-state index contributed by atoms with van der Waals surface area (Å²) >= 11 is 0. The average Bonchev–Trinajstić information content (AvgIpc) is 2.34. The van der Waals surface area contributed by atoms with Gasteiger partial charge in [-0.05, 0) is 25.3 Å². The Morgan fingerprint density at radius 1 is 1.05 bits per heavy atom. The Hall–Kier alpha value is 0.430. The van der Waals surface area contributed by atoms with Crippen molar-refractivity contribution >= 4 is 5.97 Å².